The predicted octanol–water partition coefficient (Wildman–Crippen LogP) is 2.24. The van der Waals surface area contributed by atoms with Crippen LogP contribution in [0.4, 0.5) is 0 Å². The van der Waals surface area contributed by atoms with Crippen molar-refractivity contribution >= 4 is 22.6 Å². The highest BCUT2D eigenvalue weighted by atomic mass is 35.5. The topological polar surface area (TPSA) is 38.0 Å². The molecule has 0 fully saturated rings. The molecule has 0 atom stereocenters. The van der Waals surface area contributed by atoms with Crippen LogP contribution in [0.3, 0.4) is 0 Å². The molecule has 2 rings (SSSR count). The third kappa shape index (κ3) is 1.85. The first-order valence-corrected chi connectivity index (χ1v) is 5.39. The number of fused-ring (bicyclic) bond motifs is 1. The van der Waals surface area contributed by atoms with Gasteiger partial charge in [-0.15, -0.1) is 0 Å². The molecule has 0 saturated carbocycles. The normalized spacial score (nSPS) is 11.1. The number of hydrogen-bond donors (Lipinski definition) is 1. The molecule has 4 heteroatoms. The summed E-state index contributed by atoms with van der Waals surface area (Å²) >= 11 is 5.94. The molecule has 3 nitrogen and oxygen atoms in total. The number of hydrogen-bond acceptors (Lipinski definition) is 2. The van der Waals surface area contributed by atoms with Crippen LogP contribution in [0, 0.1) is 0 Å². The second-order valence-corrected chi connectivity index (χ2v) is 3.83. The zero-order valence-corrected chi connectivity index (χ0v) is 9.33. The number of aliphatic hydroxyl groups excluding tert-OH is 1. The Kier molecular flexibility index (Phi) is 2.93. The van der Waals surface area contributed by atoms with E-state index in [-0.39, 0.29) is 6.61 Å². The molecule has 0 aliphatic rings. The van der Waals surface area contributed by atoms with Crippen molar-refractivity contribution < 1.29 is 5.11 Å². The van der Waals surface area contributed by atoms with Gasteiger partial charge in [-0.1, -0.05) is 18.5 Å². The average molecular weight is 225 g/mol. The third-order valence-electron chi connectivity index (χ3n) is 2.43. The van der Waals surface area contributed by atoms with Crippen LogP contribution >= 0.6 is 11.6 Å². The fourth-order valence-electron chi connectivity index (χ4n) is 1.77. The van der Waals surface area contributed by atoms with Gasteiger partial charge in [-0.3, -0.25) is 0 Å². The van der Waals surface area contributed by atoms with Gasteiger partial charge in [-0.05, 0) is 18.2 Å². The smallest absolute Gasteiger partial charge is 0.109 e. The molecule has 1 heterocycles. The van der Waals surface area contributed by atoms with E-state index in [1.165, 1.54) is 0 Å². The van der Waals surface area contributed by atoms with E-state index in [4.69, 9.17) is 16.7 Å². The summed E-state index contributed by atoms with van der Waals surface area (Å²) in [5.74, 6) is 0.987. The number of aryl methyl sites for hydroxylation is 1. The standard InChI is InChI=1S/C11H13ClN2O/c1-2-11-13-9-4-3-8(12)7-10(9)14(11)5-6-15/h3-4,7,15H,2,5-6H2,1H3. The lowest BCUT2D eigenvalue weighted by Crippen LogP contribution is -2.05. The van der Waals surface area contributed by atoms with E-state index in [1.807, 2.05) is 22.8 Å². The van der Waals surface area contributed by atoms with Gasteiger partial charge in [0.15, 0.2) is 0 Å². The maximum atomic E-state index is 9.01. The Labute approximate surface area is 93.3 Å². The van der Waals surface area contributed by atoms with Crippen LogP contribution in [0.15, 0.2) is 18.2 Å². The number of aromatic nitrogens is 2. The van der Waals surface area contributed by atoms with Gasteiger partial charge in [0.1, 0.15) is 5.82 Å². The van der Waals surface area contributed by atoms with Crippen LogP contribution < -0.4 is 0 Å². The van der Waals surface area contributed by atoms with Gasteiger partial charge >= 0.3 is 0 Å². The van der Waals surface area contributed by atoms with Gasteiger partial charge in [0.05, 0.1) is 17.6 Å². The Balaban J connectivity index is 2.65. The van der Waals surface area contributed by atoms with Gasteiger partial charge in [0, 0.05) is 18.0 Å². The second-order valence-electron chi connectivity index (χ2n) is 3.39. The molecule has 0 aliphatic heterocycles. The quantitative estimate of drug-likeness (QED) is 0.869. The fourth-order valence-corrected chi connectivity index (χ4v) is 1.93. The number of aliphatic hydroxyl groups is 1. The summed E-state index contributed by atoms with van der Waals surface area (Å²) in [6, 6.07) is 5.63. The van der Waals surface area contributed by atoms with Crippen LogP contribution in [-0.4, -0.2) is 21.3 Å². The molecule has 0 bridgehead atoms. The summed E-state index contributed by atoms with van der Waals surface area (Å²) in [5.41, 5.74) is 1.93. The number of imidazole rings is 1. The summed E-state index contributed by atoms with van der Waals surface area (Å²) in [6.07, 6.45) is 0.853. The highest BCUT2D eigenvalue weighted by Crippen LogP contribution is 2.20. The molecule has 0 unspecified atom stereocenters. The van der Waals surface area contributed by atoms with Crippen LogP contribution in [0.1, 0.15) is 12.7 Å². The van der Waals surface area contributed by atoms with E-state index >= 15 is 0 Å². The Bertz CT molecular complexity index is 479. The van der Waals surface area contributed by atoms with Crippen LogP contribution in [0.25, 0.3) is 11.0 Å². The van der Waals surface area contributed by atoms with Crippen molar-refractivity contribution in [1.29, 1.82) is 0 Å². The summed E-state index contributed by atoms with van der Waals surface area (Å²) in [5, 5.41) is 9.70. The molecule has 1 aromatic carbocycles. The number of nitrogens with zero attached hydrogens (tertiary/aromatic N) is 2. The van der Waals surface area contributed by atoms with Crippen molar-refractivity contribution in [3.8, 4) is 0 Å². The van der Waals surface area contributed by atoms with Crippen molar-refractivity contribution in [3.63, 3.8) is 0 Å². The van der Waals surface area contributed by atoms with Crippen LogP contribution in [0.5, 0.6) is 0 Å². The summed E-state index contributed by atoms with van der Waals surface area (Å²) in [7, 11) is 0. The van der Waals surface area contributed by atoms with Crippen molar-refractivity contribution in [1.82, 2.24) is 9.55 Å². The van der Waals surface area contributed by atoms with E-state index in [0.29, 0.717) is 11.6 Å². The number of rotatable bonds is 3. The minimum Gasteiger partial charge on any atom is -0.395 e. The van der Waals surface area contributed by atoms with Crippen LogP contribution in [-0.2, 0) is 13.0 Å². The van der Waals surface area contributed by atoms with E-state index in [1.54, 1.807) is 0 Å². The molecule has 0 amide bonds. The summed E-state index contributed by atoms with van der Waals surface area (Å²) in [6.45, 7) is 2.74. The van der Waals surface area contributed by atoms with E-state index in [9.17, 15) is 0 Å². The minimum absolute atomic E-state index is 0.116. The molecular weight excluding hydrogens is 212 g/mol. The predicted molar refractivity (Wildman–Crippen MR) is 61.2 cm³/mol. The molecule has 2 aromatic rings. The van der Waals surface area contributed by atoms with Gasteiger partial charge in [0.2, 0.25) is 0 Å². The van der Waals surface area contributed by atoms with E-state index in [2.05, 4.69) is 11.9 Å². The molecule has 1 aromatic heterocycles. The van der Waals surface area contributed by atoms with Crippen molar-refractivity contribution in [2.24, 2.45) is 0 Å². The van der Waals surface area contributed by atoms with Crippen LogP contribution in [0.2, 0.25) is 5.02 Å². The van der Waals surface area contributed by atoms with Gasteiger partial charge in [0.25, 0.3) is 0 Å². The first-order chi connectivity index (χ1) is 7.26. The largest absolute Gasteiger partial charge is 0.395 e. The Morgan fingerprint density at radius 2 is 2.27 bits per heavy atom. The molecule has 15 heavy (non-hydrogen) atoms. The Morgan fingerprint density at radius 1 is 1.47 bits per heavy atom. The first-order valence-electron chi connectivity index (χ1n) is 5.01. The molecule has 0 spiro atoms. The monoisotopic (exact) mass is 224 g/mol. The van der Waals surface area contributed by atoms with E-state index < -0.39 is 0 Å². The lowest BCUT2D eigenvalue weighted by atomic mass is 10.3. The van der Waals surface area contributed by atoms with E-state index in [0.717, 1.165) is 23.3 Å². The Hall–Kier alpha value is -1.06. The number of benzene rings is 1. The zero-order chi connectivity index (χ0) is 10.8. The number of halogens is 1. The minimum atomic E-state index is 0.116. The molecule has 1 N–H and O–H groups in total. The zero-order valence-electron chi connectivity index (χ0n) is 8.57. The maximum absolute atomic E-state index is 9.01. The van der Waals surface area contributed by atoms with Crippen molar-refractivity contribution in [2.75, 3.05) is 6.61 Å². The lowest BCUT2D eigenvalue weighted by molar-refractivity contribution is 0.276. The lowest BCUT2D eigenvalue weighted by Gasteiger charge is -2.05. The fraction of sp³-hybridized carbons (Fsp3) is 0.364. The molecule has 80 valence electrons. The summed E-state index contributed by atoms with van der Waals surface area (Å²) < 4.78 is 2.02. The highest BCUT2D eigenvalue weighted by Gasteiger charge is 2.08. The molecular formula is C11H13ClN2O. The van der Waals surface area contributed by atoms with Crippen molar-refractivity contribution in [3.05, 3.63) is 29.0 Å². The third-order valence-corrected chi connectivity index (χ3v) is 2.66. The Morgan fingerprint density at radius 3 is 2.93 bits per heavy atom. The first kappa shape index (κ1) is 10.5. The summed E-state index contributed by atoms with van der Waals surface area (Å²) in [4.78, 5) is 4.48. The van der Waals surface area contributed by atoms with Gasteiger partial charge in [-0.2, -0.15) is 0 Å². The van der Waals surface area contributed by atoms with Gasteiger partial charge < -0.3 is 9.67 Å². The SMILES string of the molecule is CCc1nc2ccc(Cl)cc2n1CCO. The van der Waals surface area contributed by atoms with Crippen molar-refractivity contribution in [2.45, 2.75) is 19.9 Å². The second kappa shape index (κ2) is 4.21. The molecule has 0 radical (unpaired) electrons. The maximum Gasteiger partial charge on any atom is 0.109 e. The molecule has 0 saturated heterocycles. The molecule has 0 aliphatic carbocycles. The average Bonchev–Trinajstić information content (AvgIpc) is 2.57. The highest BCUT2D eigenvalue weighted by molar-refractivity contribution is 6.31. The van der Waals surface area contributed by atoms with Gasteiger partial charge in [-0.25, -0.2) is 4.98 Å².